The second kappa shape index (κ2) is 10.5. The van der Waals surface area contributed by atoms with Crippen LogP contribution >= 0.6 is 0 Å². The molecule has 0 spiro atoms. The average molecular weight is 433 g/mol. The van der Waals surface area contributed by atoms with E-state index < -0.39 is 0 Å². The van der Waals surface area contributed by atoms with E-state index in [1.54, 1.807) is 30.9 Å². The average Bonchev–Trinajstić information content (AvgIpc) is 3.17. The largest absolute Gasteiger partial charge is 0.493 e. The molecule has 8 heteroatoms. The van der Waals surface area contributed by atoms with Crippen molar-refractivity contribution >= 4 is 17.8 Å². The molecule has 0 N–H and O–H groups in total. The molecule has 1 aromatic carbocycles. The molecule has 0 unspecified atom stereocenters. The molecule has 0 radical (unpaired) electrons. The standard InChI is InChI=1S/C23H32N2O6/c1-4-31-23(28)17-6-5-10-25(14-17)22(27)18-13-21(26)24(15-18)11-9-16-7-8-19(29-2)20(12-16)30-3/h7-8,12,17-18H,4-6,9-11,13-15H2,1-3H3/t17-,18+/m1/s1. The number of methoxy groups -OCH3 is 2. The summed E-state index contributed by atoms with van der Waals surface area (Å²) < 4.78 is 15.7. The summed E-state index contributed by atoms with van der Waals surface area (Å²) in [5.74, 6) is 0.432. The van der Waals surface area contributed by atoms with Crippen molar-refractivity contribution in [2.75, 3.05) is 47.0 Å². The Labute approximate surface area is 183 Å². The summed E-state index contributed by atoms with van der Waals surface area (Å²) in [6, 6.07) is 5.71. The third-order valence-electron chi connectivity index (χ3n) is 6.04. The zero-order chi connectivity index (χ0) is 22.4. The van der Waals surface area contributed by atoms with Crippen molar-refractivity contribution < 1.29 is 28.6 Å². The Morgan fingerprint density at radius 2 is 1.87 bits per heavy atom. The van der Waals surface area contributed by atoms with Crippen LogP contribution in [0.25, 0.3) is 0 Å². The van der Waals surface area contributed by atoms with Crippen molar-refractivity contribution in [3.63, 3.8) is 0 Å². The second-order valence-corrected chi connectivity index (χ2v) is 8.06. The molecule has 2 atom stereocenters. The van der Waals surface area contributed by atoms with Gasteiger partial charge in [-0.25, -0.2) is 0 Å². The molecular weight excluding hydrogens is 400 g/mol. The van der Waals surface area contributed by atoms with Gasteiger partial charge in [0.05, 0.1) is 32.7 Å². The number of hydrogen-bond acceptors (Lipinski definition) is 6. The molecule has 1 aromatic rings. The smallest absolute Gasteiger partial charge is 0.310 e. The number of esters is 1. The van der Waals surface area contributed by atoms with E-state index in [4.69, 9.17) is 14.2 Å². The van der Waals surface area contributed by atoms with Gasteiger partial charge in [0.2, 0.25) is 11.8 Å². The van der Waals surface area contributed by atoms with E-state index in [1.807, 2.05) is 18.2 Å². The number of hydrogen-bond donors (Lipinski definition) is 0. The number of likely N-dealkylation sites (tertiary alicyclic amines) is 2. The molecule has 2 aliphatic rings. The maximum Gasteiger partial charge on any atom is 0.310 e. The third-order valence-corrected chi connectivity index (χ3v) is 6.04. The predicted octanol–water partition coefficient (Wildman–Crippen LogP) is 1.90. The van der Waals surface area contributed by atoms with Gasteiger partial charge in [0, 0.05) is 32.6 Å². The summed E-state index contributed by atoms with van der Waals surface area (Å²) in [6.45, 7) is 4.11. The predicted molar refractivity (Wildman–Crippen MR) is 114 cm³/mol. The Bertz CT molecular complexity index is 811. The Kier molecular flexibility index (Phi) is 7.76. The summed E-state index contributed by atoms with van der Waals surface area (Å²) >= 11 is 0. The van der Waals surface area contributed by atoms with Gasteiger partial charge < -0.3 is 24.0 Å². The van der Waals surface area contributed by atoms with Gasteiger partial charge >= 0.3 is 5.97 Å². The van der Waals surface area contributed by atoms with Gasteiger partial charge in [-0.2, -0.15) is 0 Å². The Morgan fingerprint density at radius 3 is 2.58 bits per heavy atom. The summed E-state index contributed by atoms with van der Waals surface area (Å²) in [6.07, 6.45) is 2.41. The molecule has 0 aromatic heterocycles. The number of benzene rings is 1. The van der Waals surface area contributed by atoms with Crippen LogP contribution in [0.4, 0.5) is 0 Å². The van der Waals surface area contributed by atoms with Gasteiger partial charge in [-0.3, -0.25) is 14.4 Å². The number of nitrogens with zero attached hydrogens (tertiary/aromatic N) is 2. The lowest BCUT2D eigenvalue weighted by molar-refractivity contribution is -0.152. The SMILES string of the molecule is CCOC(=O)[C@@H]1CCCN(C(=O)[C@H]2CC(=O)N(CCc3ccc(OC)c(OC)c3)C2)C1. The molecule has 170 valence electrons. The molecule has 2 heterocycles. The van der Waals surface area contributed by atoms with Crippen LogP contribution in [0, 0.1) is 11.8 Å². The number of ether oxygens (including phenoxy) is 3. The van der Waals surface area contributed by atoms with Crippen LogP contribution in [0.5, 0.6) is 11.5 Å². The third kappa shape index (κ3) is 5.48. The molecular formula is C23H32N2O6. The first-order valence-electron chi connectivity index (χ1n) is 10.9. The summed E-state index contributed by atoms with van der Waals surface area (Å²) in [5.41, 5.74) is 1.04. The van der Waals surface area contributed by atoms with E-state index in [-0.39, 0.29) is 36.0 Å². The number of amides is 2. The topological polar surface area (TPSA) is 85.4 Å². The first kappa shape index (κ1) is 22.9. The highest BCUT2D eigenvalue weighted by Crippen LogP contribution is 2.29. The maximum absolute atomic E-state index is 13.0. The molecule has 2 aliphatic heterocycles. The summed E-state index contributed by atoms with van der Waals surface area (Å²) in [4.78, 5) is 41.1. The fourth-order valence-electron chi connectivity index (χ4n) is 4.34. The van der Waals surface area contributed by atoms with Crippen LogP contribution in [0.3, 0.4) is 0 Å². The second-order valence-electron chi connectivity index (χ2n) is 8.06. The molecule has 0 saturated carbocycles. The van der Waals surface area contributed by atoms with E-state index in [2.05, 4.69) is 0 Å². The van der Waals surface area contributed by atoms with Crippen LogP contribution in [0.2, 0.25) is 0 Å². The minimum atomic E-state index is -0.348. The molecule has 3 rings (SSSR count). The van der Waals surface area contributed by atoms with Crippen LogP contribution in [-0.2, 0) is 25.5 Å². The minimum absolute atomic E-state index is 0.00206. The molecule has 2 fully saturated rings. The number of piperidine rings is 1. The molecule has 0 bridgehead atoms. The van der Waals surface area contributed by atoms with E-state index in [9.17, 15) is 14.4 Å². The van der Waals surface area contributed by atoms with Gasteiger partial charge in [0.25, 0.3) is 0 Å². The molecule has 0 aliphatic carbocycles. The van der Waals surface area contributed by atoms with Crippen LogP contribution < -0.4 is 9.47 Å². The van der Waals surface area contributed by atoms with E-state index >= 15 is 0 Å². The Hall–Kier alpha value is -2.77. The first-order valence-corrected chi connectivity index (χ1v) is 10.9. The van der Waals surface area contributed by atoms with Crippen molar-refractivity contribution in [3.05, 3.63) is 23.8 Å². The maximum atomic E-state index is 13.0. The zero-order valence-electron chi connectivity index (χ0n) is 18.6. The lowest BCUT2D eigenvalue weighted by Crippen LogP contribution is -2.45. The van der Waals surface area contributed by atoms with E-state index in [0.717, 1.165) is 18.4 Å². The highest BCUT2D eigenvalue weighted by Gasteiger charge is 2.38. The molecule has 8 nitrogen and oxygen atoms in total. The monoisotopic (exact) mass is 432 g/mol. The minimum Gasteiger partial charge on any atom is -0.493 e. The summed E-state index contributed by atoms with van der Waals surface area (Å²) in [7, 11) is 3.18. The van der Waals surface area contributed by atoms with Crippen molar-refractivity contribution in [3.8, 4) is 11.5 Å². The van der Waals surface area contributed by atoms with Crippen LogP contribution in [0.15, 0.2) is 18.2 Å². The number of carbonyl (C=O) groups excluding carboxylic acids is 3. The Morgan fingerprint density at radius 1 is 1.10 bits per heavy atom. The summed E-state index contributed by atoms with van der Waals surface area (Å²) in [5, 5.41) is 0. The number of carbonyl (C=O) groups is 3. The van der Waals surface area contributed by atoms with Crippen molar-refractivity contribution in [2.45, 2.75) is 32.6 Å². The van der Waals surface area contributed by atoms with E-state index in [0.29, 0.717) is 50.7 Å². The fourth-order valence-corrected chi connectivity index (χ4v) is 4.34. The highest BCUT2D eigenvalue weighted by molar-refractivity contribution is 5.89. The van der Waals surface area contributed by atoms with Crippen LogP contribution in [0.1, 0.15) is 31.7 Å². The van der Waals surface area contributed by atoms with Gasteiger partial charge in [0.15, 0.2) is 11.5 Å². The fraction of sp³-hybridized carbons (Fsp3) is 0.609. The normalized spacial score (nSPS) is 21.2. The van der Waals surface area contributed by atoms with Crippen LogP contribution in [-0.4, -0.2) is 74.6 Å². The van der Waals surface area contributed by atoms with Crippen molar-refractivity contribution in [1.82, 2.24) is 9.80 Å². The van der Waals surface area contributed by atoms with Gasteiger partial charge in [0.1, 0.15) is 0 Å². The molecule has 2 amide bonds. The van der Waals surface area contributed by atoms with Gasteiger partial charge in [-0.1, -0.05) is 6.07 Å². The Balaban J connectivity index is 1.55. The van der Waals surface area contributed by atoms with Crippen molar-refractivity contribution in [1.29, 1.82) is 0 Å². The zero-order valence-corrected chi connectivity index (χ0v) is 18.6. The van der Waals surface area contributed by atoms with E-state index in [1.165, 1.54) is 0 Å². The first-order chi connectivity index (χ1) is 15.0. The number of rotatable bonds is 8. The highest BCUT2D eigenvalue weighted by atomic mass is 16.5. The van der Waals surface area contributed by atoms with Gasteiger partial charge in [-0.05, 0) is 43.9 Å². The van der Waals surface area contributed by atoms with Gasteiger partial charge in [-0.15, -0.1) is 0 Å². The molecule has 31 heavy (non-hydrogen) atoms. The quantitative estimate of drug-likeness (QED) is 0.584. The lowest BCUT2D eigenvalue weighted by atomic mass is 9.96. The van der Waals surface area contributed by atoms with Crippen molar-refractivity contribution in [2.24, 2.45) is 11.8 Å². The lowest BCUT2D eigenvalue weighted by Gasteiger charge is -2.33. The molecule has 2 saturated heterocycles.